The van der Waals surface area contributed by atoms with Gasteiger partial charge in [-0.25, -0.2) is 14.4 Å². The van der Waals surface area contributed by atoms with Crippen molar-refractivity contribution in [2.45, 2.75) is 0 Å². The zero-order valence-corrected chi connectivity index (χ0v) is 10.7. The number of aromatic nitrogens is 2. The fraction of sp³-hybridized carbons (Fsp3) is 0.0667. The van der Waals surface area contributed by atoms with Crippen LogP contribution in [0.1, 0.15) is 0 Å². The first-order valence-corrected chi connectivity index (χ1v) is 6.27. The molecule has 4 rings (SSSR count). The third kappa shape index (κ3) is 2.10. The van der Waals surface area contributed by atoms with Gasteiger partial charge in [0.25, 0.3) is 0 Å². The Morgan fingerprint density at radius 2 is 1.90 bits per heavy atom. The predicted molar refractivity (Wildman–Crippen MR) is 72.1 cm³/mol. The molecule has 0 bridgehead atoms. The van der Waals surface area contributed by atoms with Gasteiger partial charge in [0.1, 0.15) is 17.9 Å². The summed E-state index contributed by atoms with van der Waals surface area (Å²) in [5.41, 5.74) is 0.613. The summed E-state index contributed by atoms with van der Waals surface area (Å²) in [4.78, 5) is 8.14. The van der Waals surface area contributed by atoms with Crippen molar-refractivity contribution >= 4 is 10.9 Å². The van der Waals surface area contributed by atoms with Crippen molar-refractivity contribution in [1.29, 1.82) is 0 Å². The number of nitrogens with zero attached hydrogens (tertiary/aromatic N) is 2. The van der Waals surface area contributed by atoms with Gasteiger partial charge in [0, 0.05) is 6.07 Å². The Hall–Kier alpha value is -2.89. The van der Waals surface area contributed by atoms with Crippen LogP contribution in [0.5, 0.6) is 23.1 Å². The zero-order valence-electron chi connectivity index (χ0n) is 10.7. The lowest BCUT2D eigenvalue weighted by atomic mass is 10.2. The van der Waals surface area contributed by atoms with Gasteiger partial charge in [-0.05, 0) is 30.3 Å². The molecule has 1 aromatic heterocycles. The lowest BCUT2D eigenvalue weighted by molar-refractivity contribution is 0.174. The SMILES string of the molecule is Fc1ccc2ncnc(Oc3ccc4c(c3)OCO4)c2c1. The monoisotopic (exact) mass is 284 g/mol. The van der Waals surface area contributed by atoms with E-state index < -0.39 is 0 Å². The van der Waals surface area contributed by atoms with E-state index in [9.17, 15) is 4.39 Å². The highest BCUT2D eigenvalue weighted by Crippen LogP contribution is 2.37. The summed E-state index contributed by atoms with van der Waals surface area (Å²) in [6, 6.07) is 9.47. The van der Waals surface area contributed by atoms with E-state index in [1.807, 2.05) is 0 Å². The molecule has 2 aromatic carbocycles. The van der Waals surface area contributed by atoms with Gasteiger partial charge in [-0.2, -0.15) is 0 Å². The first-order valence-electron chi connectivity index (χ1n) is 6.27. The molecule has 0 N–H and O–H groups in total. The Morgan fingerprint density at radius 1 is 1.00 bits per heavy atom. The van der Waals surface area contributed by atoms with E-state index in [2.05, 4.69) is 9.97 Å². The highest BCUT2D eigenvalue weighted by Gasteiger charge is 2.15. The van der Waals surface area contributed by atoms with Crippen LogP contribution in [-0.2, 0) is 0 Å². The van der Waals surface area contributed by atoms with Crippen LogP contribution in [0.4, 0.5) is 4.39 Å². The summed E-state index contributed by atoms with van der Waals surface area (Å²) in [5.74, 6) is 1.73. The average Bonchev–Trinajstić information content (AvgIpc) is 2.95. The quantitative estimate of drug-likeness (QED) is 0.722. The van der Waals surface area contributed by atoms with Crippen LogP contribution in [0.25, 0.3) is 10.9 Å². The largest absolute Gasteiger partial charge is 0.454 e. The van der Waals surface area contributed by atoms with E-state index in [4.69, 9.17) is 14.2 Å². The fourth-order valence-corrected chi connectivity index (χ4v) is 2.14. The molecular weight excluding hydrogens is 275 g/mol. The van der Waals surface area contributed by atoms with Crippen molar-refractivity contribution in [3.05, 3.63) is 48.5 Å². The lowest BCUT2D eigenvalue weighted by Gasteiger charge is -2.08. The Balaban J connectivity index is 1.75. The van der Waals surface area contributed by atoms with Crippen LogP contribution in [0.15, 0.2) is 42.7 Å². The standard InChI is InChI=1S/C15H9FN2O3/c16-9-1-3-12-11(5-9)15(18-7-17-12)21-10-2-4-13-14(6-10)20-8-19-13/h1-7H,8H2. The molecule has 2 heterocycles. The summed E-state index contributed by atoms with van der Waals surface area (Å²) >= 11 is 0. The van der Waals surface area contributed by atoms with Gasteiger partial charge in [-0.15, -0.1) is 0 Å². The smallest absolute Gasteiger partial charge is 0.231 e. The number of hydrogen-bond donors (Lipinski definition) is 0. The van der Waals surface area contributed by atoms with Crippen molar-refractivity contribution in [3.63, 3.8) is 0 Å². The molecule has 21 heavy (non-hydrogen) atoms. The second-order valence-electron chi connectivity index (χ2n) is 4.46. The maximum atomic E-state index is 13.4. The number of benzene rings is 2. The molecule has 104 valence electrons. The van der Waals surface area contributed by atoms with Crippen LogP contribution in [0.2, 0.25) is 0 Å². The summed E-state index contributed by atoms with van der Waals surface area (Å²) < 4.78 is 29.6. The molecule has 0 saturated carbocycles. The molecule has 5 nitrogen and oxygen atoms in total. The summed E-state index contributed by atoms with van der Waals surface area (Å²) in [6.45, 7) is 0.195. The van der Waals surface area contributed by atoms with E-state index in [0.717, 1.165) is 0 Å². The van der Waals surface area contributed by atoms with E-state index in [1.54, 1.807) is 24.3 Å². The number of fused-ring (bicyclic) bond motifs is 2. The summed E-state index contributed by atoms with van der Waals surface area (Å²) in [7, 11) is 0. The minimum atomic E-state index is -0.368. The normalized spacial score (nSPS) is 12.6. The minimum absolute atomic E-state index is 0.195. The van der Waals surface area contributed by atoms with Crippen LogP contribution in [-0.4, -0.2) is 16.8 Å². The Bertz CT molecular complexity index is 838. The van der Waals surface area contributed by atoms with Gasteiger partial charge in [0.15, 0.2) is 11.5 Å². The van der Waals surface area contributed by atoms with Gasteiger partial charge >= 0.3 is 0 Å². The molecule has 1 aliphatic heterocycles. The van der Waals surface area contributed by atoms with Crippen molar-refractivity contribution < 1.29 is 18.6 Å². The third-order valence-corrected chi connectivity index (χ3v) is 3.12. The fourth-order valence-electron chi connectivity index (χ4n) is 2.14. The second-order valence-corrected chi connectivity index (χ2v) is 4.46. The number of rotatable bonds is 2. The number of hydrogen-bond acceptors (Lipinski definition) is 5. The summed E-state index contributed by atoms with van der Waals surface area (Å²) in [5, 5.41) is 0.509. The molecule has 0 atom stereocenters. The Labute approximate surface area is 118 Å². The highest BCUT2D eigenvalue weighted by molar-refractivity contribution is 5.83. The molecule has 0 radical (unpaired) electrons. The molecule has 0 aliphatic carbocycles. The van der Waals surface area contributed by atoms with Crippen molar-refractivity contribution in [2.24, 2.45) is 0 Å². The second kappa shape index (κ2) is 4.59. The van der Waals surface area contributed by atoms with Crippen LogP contribution >= 0.6 is 0 Å². The molecule has 0 saturated heterocycles. The molecular formula is C15H9FN2O3. The van der Waals surface area contributed by atoms with E-state index >= 15 is 0 Å². The van der Waals surface area contributed by atoms with Crippen molar-refractivity contribution in [2.75, 3.05) is 6.79 Å². The Morgan fingerprint density at radius 3 is 2.86 bits per heavy atom. The molecule has 1 aliphatic rings. The van der Waals surface area contributed by atoms with Crippen molar-refractivity contribution in [3.8, 4) is 23.1 Å². The van der Waals surface area contributed by atoms with Gasteiger partial charge in [0.2, 0.25) is 12.7 Å². The molecule has 0 fully saturated rings. The van der Waals surface area contributed by atoms with Gasteiger partial charge in [-0.3, -0.25) is 0 Å². The number of halogens is 1. The van der Waals surface area contributed by atoms with Crippen LogP contribution in [0.3, 0.4) is 0 Å². The van der Waals surface area contributed by atoms with E-state index in [1.165, 1.54) is 18.5 Å². The first-order chi connectivity index (χ1) is 10.3. The van der Waals surface area contributed by atoms with Crippen LogP contribution < -0.4 is 14.2 Å². The maximum Gasteiger partial charge on any atom is 0.231 e. The molecule has 0 amide bonds. The summed E-state index contributed by atoms with van der Waals surface area (Å²) in [6.07, 6.45) is 1.38. The predicted octanol–water partition coefficient (Wildman–Crippen LogP) is 3.29. The lowest BCUT2D eigenvalue weighted by Crippen LogP contribution is -1.93. The number of ether oxygens (including phenoxy) is 3. The van der Waals surface area contributed by atoms with E-state index in [-0.39, 0.29) is 12.6 Å². The maximum absolute atomic E-state index is 13.4. The molecule has 3 aromatic rings. The topological polar surface area (TPSA) is 53.5 Å². The van der Waals surface area contributed by atoms with Gasteiger partial charge in [0.05, 0.1) is 10.9 Å². The van der Waals surface area contributed by atoms with E-state index in [0.29, 0.717) is 34.0 Å². The van der Waals surface area contributed by atoms with Gasteiger partial charge in [-0.1, -0.05) is 0 Å². The first kappa shape index (κ1) is 11.9. The third-order valence-electron chi connectivity index (χ3n) is 3.12. The van der Waals surface area contributed by atoms with Gasteiger partial charge < -0.3 is 14.2 Å². The zero-order chi connectivity index (χ0) is 14.2. The average molecular weight is 284 g/mol. The minimum Gasteiger partial charge on any atom is -0.454 e. The molecule has 6 heteroatoms. The Kier molecular flexibility index (Phi) is 2.60. The van der Waals surface area contributed by atoms with Crippen LogP contribution in [0, 0.1) is 5.82 Å². The molecule has 0 unspecified atom stereocenters. The highest BCUT2D eigenvalue weighted by atomic mass is 19.1. The molecule has 0 spiro atoms. The van der Waals surface area contributed by atoms with Crippen molar-refractivity contribution in [1.82, 2.24) is 9.97 Å².